The Morgan fingerprint density at radius 2 is 1.72 bits per heavy atom. The van der Waals surface area contributed by atoms with Crippen LogP contribution in [0.1, 0.15) is 89.5 Å². The molecule has 5 aliphatic rings. The molecule has 2 aliphatic carbocycles. The second-order valence-electron chi connectivity index (χ2n) is 12.4. The van der Waals surface area contributed by atoms with E-state index in [0.717, 1.165) is 36.7 Å². The van der Waals surface area contributed by atoms with Crippen LogP contribution >= 0.6 is 0 Å². The molecule has 1 N–H and O–H groups in total. The van der Waals surface area contributed by atoms with E-state index in [1.165, 1.54) is 82.6 Å². The summed E-state index contributed by atoms with van der Waals surface area (Å²) in [6.07, 6.45) is 19.9. The van der Waals surface area contributed by atoms with Crippen LogP contribution in [0.4, 0.5) is 5.69 Å². The van der Waals surface area contributed by atoms with Crippen LogP contribution in [0.2, 0.25) is 0 Å². The molecule has 194 valence electrons. The lowest BCUT2D eigenvalue weighted by Crippen LogP contribution is -2.44. The molecular formula is C32H44N2O2. The average molecular weight is 489 g/mol. The van der Waals surface area contributed by atoms with Crippen LogP contribution in [0.15, 0.2) is 47.7 Å². The van der Waals surface area contributed by atoms with Gasteiger partial charge in [-0.15, -0.1) is 0 Å². The lowest BCUT2D eigenvalue weighted by Gasteiger charge is -2.37. The van der Waals surface area contributed by atoms with Gasteiger partial charge in [-0.05, 0) is 86.6 Å². The van der Waals surface area contributed by atoms with Gasteiger partial charge in [0.25, 0.3) is 0 Å². The lowest BCUT2D eigenvalue weighted by atomic mass is 9.65. The summed E-state index contributed by atoms with van der Waals surface area (Å²) in [6.45, 7) is 6.00. The predicted octanol–water partition coefficient (Wildman–Crippen LogP) is 6.66. The van der Waals surface area contributed by atoms with Gasteiger partial charge in [-0.1, -0.05) is 69.7 Å². The van der Waals surface area contributed by atoms with Crippen LogP contribution < -0.4 is 10.2 Å². The summed E-state index contributed by atoms with van der Waals surface area (Å²) >= 11 is 0. The zero-order valence-corrected chi connectivity index (χ0v) is 22.2. The molecule has 0 bridgehead atoms. The van der Waals surface area contributed by atoms with Crippen molar-refractivity contribution in [3.05, 3.63) is 53.3 Å². The van der Waals surface area contributed by atoms with Crippen molar-refractivity contribution in [2.24, 2.45) is 17.3 Å². The maximum absolute atomic E-state index is 14.5. The molecule has 6 rings (SSSR count). The average Bonchev–Trinajstić information content (AvgIpc) is 3.24. The highest BCUT2D eigenvalue weighted by atomic mass is 16.5. The smallest absolute Gasteiger partial charge is 0.245 e. The van der Waals surface area contributed by atoms with Crippen LogP contribution in [0.3, 0.4) is 0 Å². The molecule has 36 heavy (non-hydrogen) atoms. The monoisotopic (exact) mass is 488 g/mol. The van der Waals surface area contributed by atoms with Crippen molar-refractivity contribution in [1.82, 2.24) is 5.32 Å². The van der Waals surface area contributed by atoms with Crippen LogP contribution in [-0.4, -0.2) is 32.1 Å². The molecule has 1 aromatic rings. The highest BCUT2D eigenvalue weighted by Crippen LogP contribution is 2.57. The van der Waals surface area contributed by atoms with E-state index in [9.17, 15) is 4.79 Å². The van der Waals surface area contributed by atoms with Gasteiger partial charge in [-0.2, -0.15) is 0 Å². The molecule has 4 atom stereocenters. The van der Waals surface area contributed by atoms with E-state index in [-0.39, 0.29) is 11.3 Å². The number of hydrogen-bond acceptors (Lipinski definition) is 3. The van der Waals surface area contributed by atoms with Gasteiger partial charge >= 0.3 is 0 Å². The molecular weight excluding hydrogens is 444 g/mol. The molecule has 1 spiro atoms. The normalized spacial score (nSPS) is 35.0. The molecule has 1 saturated carbocycles. The van der Waals surface area contributed by atoms with Gasteiger partial charge in [0, 0.05) is 17.8 Å². The van der Waals surface area contributed by atoms with Gasteiger partial charge in [-0.25, -0.2) is 0 Å². The Morgan fingerprint density at radius 3 is 2.61 bits per heavy atom. The zero-order valence-electron chi connectivity index (χ0n) is 22.2. The van der Waals surface area contributed by atoms with E-state index in [2.05, 4.69) is 53.6 Å². The van der Waals surface area contributed by atoms with E-state index in [1.807, 2.05) is 0 Å². The van der Waals surface area contributed by atoms with Gasteiger partial charge in [0.2, 0.25) is 5.91 Å². The summed E-state index contributed by atoms with van der Waals surface area (Å²) in [4.78, 5) is 16.7. The molecule has 4 nitrogen and oxygen atoms in total. The number of nitrogens with zero attached hydrogens (tertiary/aromatic N) is 1. The number of para-hydroxylation sites is 1. The SMILES string of the molecule is CC12C=C3C(=CC1CCCCC2)OCC31C(=O)N(CC2CCCCCNCCCC2)c2ccccc21. The first kappa shape index (κ1) is 24.3. The molecule has 0 radical (unpaired) electrons. The second kappa shape index (κ2) is 10.0. The fraction of sp³-hybridized carbons (Fsp3) is 0.656. The maximum Gasteiger partial charge on any atom is 0.245 e. The largest absolute Gasteiger partial charge is 0.492 e. The Labute approximate surface area is 217 Å². The van der Waals surface area contributed by atoms with Crippen LogP contribution in [0.5, 0.6) is 0 Å². The van der Waals surface area contributed by atoms with Gasteiger partial charge in [0.1, 0.15) is 17.8 Å². The van der Waals surface area contributed by atoms with Crippen LogP contribution in [0.25, 0.3) is 0 Å². The minimum Gasteiger partial charge on any atom is -0.492 e. The summed E-state index contributed by atoms with van der Waals surface area (Å²) in [5.41, 5.74) is 2.91. The summed E-state index contributed by atoms with van der Waals surface area (Å²) in [7, 11) is 0. The van der Waals surface area contributed by atoms with Gasteiger partial charge < -0.3 is 15.0 Å². The Hall–Kier alpha value is -2.07. The molecule has 3 heterocycles. The number of fused-ring (bicyclic) bond motifs is 5. The summed E-state index contributed by atoms with van der Waals surface area (Å²) < 4.78 is 6.41. The Morgan fingerprint density at radius 1 is 0.972 bits per heavy atom. The van der Waals surface area contributed by atoms with Crippen molar-refractivity contribution in [2.75, 3.05) is 31.1 Å². The minimum absolute atomic E-state index is 0.127. The number of anilines is 1. The van der Waals surface area contributed by atoms with E-state index < -0.39 is 5.41 Å². The van der Waals surface area contributed by atoms with Crippen LogP contribution in [-0.2, 0) is 14.9 Å². The maximum atomic E-state index is 14.5. The molecule has 3 aliphatic heterocycles. The van der Waals surface area contributed by atoms with Gasteiger partial charge in [0.15, 0.2) is 0 Å². The minimum atomic E-state index is -0.667. The zero-order chi connectivity index (χ0) is 24.6. The number of nitrogens with one attached hydrogen (secondary N) is 1. The number of rotatable bonds is 2. The summed E-state index contributed by atoms with van der Waals surface area (Å²) in [6, 6.07) is 8.59. The number of amides is 1. The summed E-state index contributed by atoms with van der Waals surface area (Å²) in [5.74, 6) is 2.34. The van der Waals surface area contributed by atoms with Crippen molar-refractivity contribution >= 4 is 11.6 Å². The third kappa shape index (κ3) is 4.14. The topological polar surface area (TPSA) is 41.6 Å². The fourth-order valence-electron chi connectivity index (χ4n) is 7.77. The lowest BCUT2D eigenvalue weighted by molar-refractivity contribution is -0.122. The number of hydrogen-bond donors (Lipinski definition) is 1. The number of benzene rings is 1. The fourth-order valence-corrected chi connectivity index (χ4v) is 7.77. The molecule has 4 heteroatoms. The predicted molar refractivity (Wildman–Crippen MR) is 146 cm³/mol. The number of allylic oxidation sites excluding steroid dienone is 3. The first-order valence-electron chi connectivity index (χ1n) is 14.8. The van der Waals surface area contributed by atoms with Crippen molar-refractivity contribution in [3.63, 3.8) is 0 Å². The Balaban J connectivity index is 1.32. The molecule has 0 aromatic heterocycles. The van der Waals surface area contributed by atoms with E-state index in [4.69, 9.17) is 4.74 Å². The van der Waals surface area contributed by atoms with Crippen molar-refractivity contribution in [1.29, 1.82) is 0 Å². The summed E-state index contributed by atoms with van der Waals surface area (Å²) in [5, 5.41) is 3.59. The molecule has 4 unspecified atom stereocenters. The van der Waals surface area contributed by atoms with Crippen molar-refractivity contribution < 1.29 is 9.53 Å². The second-order valence-corrected chi connectivity index (χ2v) is 12.4. The quantitative estimate of drug-likeness (QED) is 0.506. The highest BCUT2D eigenvalue weighted by Gasteiger charge is 2.60. The Bertz CT molecular complexity index is 1030. The van der Waals surface area contributed by atoms with Gasteiger partial charge in [-0.3, -0.25) is 4.79 Å². The standard InChI is InChI=1S/C32H44N2O2/c1-31-17-9-2-5-14-25(31)20-29-27(21-31)32(23-36-29)26-15-6-7-16-28(26)34(30(32)35)22-24-12-4-3-10-18-33-19-11-8-13-24/h6-7,15-16,20-21,24-25,33H,2-5,8-14,17-19,22-23H2,1H3. The number of carbonyl (C=O) groups excluding carboxylic acids is 1. The molecule has 2 saturated heterocycles. The highest BCUT2D eigenvalue weighted by molar-refractivity contribution is 6.11. The molecule has 1 amide bonds. The number of carbonyl (C=O) groups is 1. The first-order valence-corrected chi connectivity index (χ1v) is 14.8. The number of ether oxygens (including phenoxy) is 1. The molecule has 1 aromatic carbocycles. The van der Waals surface area contributed by atoms with Gasteiger partial charge in [0.05, 0.1) is 0 Å². The van der Waals surface area contributed by atoms with E-state index in [0.29, 0.717) is 18.4 Å². The van der Waals surface area contributed by atoms with E-state index in [1.54, 1.807) is 0 Å². The van der Waals surface area contributed by atoms with Crippen LogP contribution in [0, 0.1) is 17.3 Å². The van der Waals surface area contributed by atoms with Crippen molar-refractivity contribution in [3.8, 4) is 0 Å². The third-order valence-electron chi connectivity index (χ3n) is 9.96. The first-order chi connectivity index (χ1) is 17.6. The third-order valence-corrected chi connectivity index (χ3v) is 9.96. The van der Waals surface area contributed by atoms with E-state index >= 15 is 0 Å². The van der Waals surface area contributed by atoms with Crippen molar-refractivity contribution in [2.45, 2.75) is 89.4 Å². The Kier molecular flexibility index (Phi) is 6.75. The molecule has 3 fully saturated rings.